The van der Waals surface area contributed by atoms with Crippen molar-refractivity contribution in [2.75, 3.05) is 31.4 Å². The lowest BCUT2D eigenvalue weighted by molar-refractivity contribution is -0.137. The monoisotopic (exact) mass is 450 g/mol. The van der Waals surface area contributed by atoms with Crippen LogP contribution in [0.15, 0.2) is 35.6 Å². The summed E-state index contributed by atoms with van der Waals surface area (Å²) in [5, 5.41) is 0.884. The molecule has 0 bridgehead atoms. The number of anilines is 1. The van der Waals surface area contributed by atoms with Crippen LogP contribution in [0.4, 0.5) is 19.0 Å². The summed E-state index contributed by atoms with van der Waals surface area (Å²) in [6.07, 6.45) is 4.59. The second kappa shape index (κ2) is 8.61. The second-order valence-corrected chi connectivity index (χ2v) is 8.51. The Labute approximate surface area is 183 Å². The van der Waals surface area contributed by atoms with E-state index in [2.05, 4.69) is 16.8 Å². The second-order valence-electron chi connectivity index (χ2n) is 7.72. The fraction of sp³-hybridized carbons (Fsp3) is 0.455. The predicted molar refractivity (Wildman–Crippen MR) is 117 cm³/mol. The Hall–Kier alpha value is -2.42. The molecule has 1 fully saturated rings. The molecule has 31 heavy (non-hydrogen) atoms. The van der Waals surface area contributed by atoms with E-state index in [1.165, 1.54) is 26.0 Å². The Balaban J connectivity index is 1.86. The molecule has 0 aliphatic heterocycles. The first-order valence-electron chi connectivity index (χ1n) is 10.3. The van der Waals surface area contributed by atoms with Crippen molar-refractivity contribution in [1.29, 1.82) is 0 Å². The Kier molecular flexibility index (Phi) is 6.05. The first-order valence-corrected chi connectivity index (χ1v) is 11.5. The average molecular weight is 451 g/mol. The first kappa shape index (κ1) is 21.8. The van der Waals surface area contributed by atoms with Gasteiger partial charge < -0.3 is 9.64 Å². The van der Waals surface area contributed by atoms with Gasteiger partial charge in [-0.05, 0) is 49.6 Å². The van der Waals surface area contributed by atoms with Gasteiger partial charge in [0.1, 0.15) is 22.3 Å². The van der Waals surface area contributed by atoms with Gasteiger partial charge in [-0.25, -0.2) is 4.98 Å². The molecule has 1 saturated carbocycles. The number of nitrogens with zero attached hydrogens (tertiary/aromatic N) is 4. The van der Waals surface area contributed by atoms with E-state index in [9.17, 15) is 13.2 Å². The van der Waals surface area contributed by atoms with Gasteiger partial charge in [0.05, 0.1) is 12.7 Å². The highest BCUT2D eigenvalue weighted by molar-refractivity contribution is 7.98. The lowest BCUT2D eigenvalue weighted by Crippen LogP contribution is -2.28. The van der Waals surface area contributed by atoms with Crippen molar-refractivity contribution in [1.82, 2.24) is 14.4 Å². The Morgan fingerprint density at radius 1 is 1.29 bits per heavy atom. The molecule has 1 aliphatic rings. The van der Waals surface area contributed by atoms with E-state index in [1.807, 2.05) is 16.9 Å². The van der Waals surface area contributed by atoms with Crippen LogP contribution in [0.5, 0.6) is 5.75 Å². The summed E-state index contributed by atoms with van der Waals surface area (Å²) in [5.41, 5.74) is 0.830. The van der Waals surface area contributed by atoms with Crippen LogP contribution in [0, 0.1) is 5.92 Å². The summed E-state index contributed by atoms with van der Waals surface area (Å²) in [6.45, 7) is 4.05. The van der Waals surface area contributed by atoms with E-state index < -0.39 is 11.7 Å². The fourth-order valence-electron chi connectivity index (χ4n) is 3.79. The third-order valence-electron chi connectivity index (χ3n) is 5.43. The highest BCUT2D eigenvalue weighted by atomic mass is 32.2. The Morgan fingerprint density at radius 3 is 2.68 bits per heavy atom. The van der Waals surface area contributed by atoms with E-state index in [1.54, 1.807) is 18.0 Å². The minimum Gasteiger partial charge on any atom is -0.496 e. The quantitative estimate of drug-likeness (QED) is 0.408. The number of hydrogen-bond acceptors (Lipinski definition) is 5. The first-order chi connectivity index (χ1) is 14.9. The third-order valence-corrected chi connectivity index (χ3v) is 6.09. The van der Waals surface area contributed by atoms with Gasteiger partial charge >= 0.3 is 6.18 Å². The summed E-state index contributed by atoms with van der Waals surface area (Å²) < 4.78 is 46.8. The zero-order valence-corrected chi connectivity index (χ0v) is 18.6. The number of halogens is 3. The smallest absolute Gasteiger partial charge is 0.416 e. The SMILES string of the molecule is CCCN(CC1CC1)c1c(SC)nc2c(-c3ccc(C(F)(F)F)cc3OC)nccn12. The molecule has 0 unspecified atom stereocenters. The average Bonchev–Trinajstić information content (AvgIpc) is 3.49. The number of methoxy groups -OCH3 is 1. The summed E-state index contributed by atoms with van der Waals surface area (Å²) in [6, 6.07) is 3.47. The van der Waals surface area contributed by atoms with Gasteiger partial charge in [-0.1, -0.05) is 6.92 Å². The maximum atomic E-state index is 13.2. The van der Waals surface area contributed by atoms with Crippen molar-refractivity contribution in [3.63, 3.8) is 0 Å². The molecule has 3 aromatic rings. The van der Waals surface area contributed by atoms with E-state index >= 15 is 0 Å². The number of imidazole rings is 1. The maximum absolute atomic E-state index is 13.2. The van der Waals surface area contributed by atoms with Crippen LogP contribution < -0.4 is 9.64 Å². The molecule has 0 saturated heterocycles. The normalized spacial score (nSPS) is 14.3. The molecule has 1 aliphatic carbocycles. The number of benzene rings is 1. The number of alkyl halides is 3. The van der Waals surface area contributed by atoms with Gasteiger partial charge in [0.15, 0.2) is 5.65 Å². The van der Waals surface area contributed by atoms with Crippen molar-refractivity contribution in [3.8, 4) is 17.0 Å². The predicted octanol–water partition coefficient (Wildman–Crippen LogP) is 5.77. The highest BCUT2D eigenvalue weighted by Gasteiger charge is 2.32. The maximum Gasteiger partial charge on any atom is 0.416 e. The fourth-order valence-corrected chi connectivity index (χ4v) is 4.38. The minimum atomic E-state index is -4.44. The lowest BCUT2D eigenvalue weighted by atomic mass is 10.1. The van der Waals surface area contributed by atoms with Crippen LogP contribution in [-0.4, -0.2) is 40.8 Å². The third kappa shape index (κ3) is 4.33. The zero-order chi connectivity index (χ0) is 22.2. The van der Waals surface area contributed by atoms with Crippen molar-refractivity contribution in [3.05, 3.63) is 36.2 Å². The van der Waals surface area contributed by atoms with E-state index in [0.29, 0.717) is 22.8 Å². The highest BCUT2D eigenvalue weighted by Crippen LogP contribution is 2.40. The van der Waals surface area contributed by atoms with E-state index in [-0.39, 0.29) is 5.75 Å². The summed E-state index contributed by atoms with van der Waals surface area (Å²) in [4.78, 5) is 11.7. The van der Waals surface area contributed by atoms with Crippen LogP contribution in [-0.2, 0) is 6.18 Å². The standard InChI is InChI=1S/C22H25F3N4OS/c1-4-10-28(13-14-5-6-14)21-20(31-3)27-19-18(26-9-11-29(19)21)16-8-7-15(22(23,24)25)12-17(16)30-2/h7-9,11-12,14H,4-6,10,13H2,1-3H3. The molecule has 1 aromatic carbocycles. The van der Waals surface area contributed by atoms with Gasteiger partial charge in [0, 0.05) is 31.0 Å². The molecule has 0 atom stereocenters. The van der Waals surface area contributed by atoms with E-state index in [0.717, 1.165) is 42.5 Å². The van der Waals surface area contributed by atoms with Crippen LogP contribution in [0.2, 0.25) is 0 Å². The topological polar surface area (TPSA) is 42.7 Å². The molecule has 2 heterocycles. The molecule has 2 aromatic heterocycles. The number of hydrogen-bond donors (Lipinski definition) is 0. The van der Waals surface area contributed by atoms with Crippen LogP contribution in [0.3, 0.4) is 0 Å². The van der Waals surface area contributed by atoms with Gasteiger partial charge in [0.2, 0.25) is 0 Å². The number of rotatable bonds is 8. The molecule has 4 rings (SSSR count). The Morgan fingerprint density at radius 2 is 2.06 bits per heavy atom. The number of ether oxygens (including phenoxy) is 1. The van der Waals surface area contributed by atoms with Gasteiger partial charge in [-0.2, -0.15) is 13.2 Å². The summed E-state index contributed by atoms with van der Waals surface area (Å²) >= 11 is 1.56. The van der Waals surface area contributed by atoms with Gasteiger partial charge in [-0.3, -0.25) is 9.38 Å². The minimum absolute atomic E-state index is 0.120. The molecule has 9 heteroatoms. The van der Waals surface area contributed by atoms with Crippen molar-refractivity contribution in [2.45, 2.75) is 37.4 Å². The van der Waals surface area contributed by atoms with Crippen LogP contribution in [0.1, 0.15) is 31.7 Å². The Bertz CT molecular complexity index is 1080. The van der Waals surface area contributed by atoms with Crippen LogP contribution >= 0.6 is 11.8 Å². The number of fused-ring (bicyclic) bond motifs is 1. The molecule has 0 radical (unpaired) electrons. The lowest BCUT2D eigenvalue weighted by Gasteiger charge is -2.24. The zero-order valence-electron chi connectivity index (χ0n) is 17.7. The van der Waals surface area contributed by atoms with Crippen molar-refractivity contribution < 1.29 is 17.9 Å². The van der Waals surface area contributed by atoms with Crippen molar-refractivity contribution >= 4 is 23.2 Å². The summed E-state index contributed by atoms with van der Waals surface area (Å²) in [5.74, 6) is 1.85. The van der Waals surface area contributed by atoms with E-state index in [4.69, 9.17) is 9.72 Å². The number of aromatic nitrogens is 3. The largest absolute Gasteiger partial charge is 0.496 e. The van der Waals surface area contributed by atoms with Crippen molar-refractivity contribution in [2.24, 2.45) is 5.92 Å². The van der Waals surface area contributed by atoms with Gasteiger partial charge in [0.25, 0.3) is 0 Å². The molecular weight excluding hydrogens is 425 g/mol. The molecular formula is C22H25F3N4OS. The molecule has 5 nitrogen and oxygen atoms in total. The molecule has 0 amide bonds. The summed E-state index contributed by atoms with van der Waals surface area (Å²) in [7, 11) is 1.36. The van der Waals surface area contributed by atoms with Gasteiger partial charge in [-0.15, -0.1) is 11.8 Å². The van der Waals surface area contributed by atoms with Crippen LogP contribution in [0.25, 0.3) is 16.9 Å². The molecule has 0 spiro atoms. The molecule has 0 N–H and O–H groups in total. The number of thioether (sulfide) groups is 1. The molecule has 166 valence electrons.